The molecule has 94 valence electrons. The van der Waals surface area contributed by atoms with Crippen molar-refractivity contribution in [3.8, 4) is 12.3 Å². The molecule has 0 aliphatic carbocycles. The second-order valence-corrected chi connectivity index (χ2v) is 4.25. The summed E-state index contributed by atoms with van der Waals surface area (Å²) in [5, 5.41) is 2.82. The molecular formula is C16H14N2O. The zero-order chi connectivity index (χ0) is 13.8. The highest BCUT2D eigenvalue weighted by Gasteiger charge is 2.09. The minimum Gasteiger partial charge on any atom is -0.399 e. The van der Waals surface area contributed by atoms with Crippen LogP contribution in [0, 0.1) is 19.3 Å². The number of nitrogens with one attached hydrogen (secondary N) is 1. The maximum absolute atomic E-state index is 12.1. The molecule has 3 heteroatoms. The van der Waals surface area contributed by atoms with Crippen molar-refractivity contribution in [2.24, 2.45) is 0 Å². The van der Waals surface area contributed by atoms with E-state index in [9.17, 15) is 4.79 Å². The summed E-state index contributed by atoms with van der Waals surface area (Å²) in [4.78, 5) is 12.1. The van der Waals surface area contributed by atoms with E-state index in [2.05, 4.69) is 11.2 Å². The van der Waals surface area contributed by atoms with Crippen molar-refractivity contribution in [1.82, 2.24) is 0 Å². The van der Waals surface area contributed by atoms with Gasteiger partial charge < -0.3 is 11.1 Å². The van der Waals surface area contributed by atoms with Gasteiger partial charge in [0, 0.05) is 22.5 Å². The molecule has 2 rings (SSSR count). The lowest BCUT2D eigenvalue weighted by atomic mass is 10.1. The fraction of sp³-hybridized carbons (Fsp3) is 0.0625. The maximum Gasteiger partial charge on any atom is 0.255 e. The minimum atomic E-state index is -0.174. The summed E-state index contributed by atoms with van der Waals surface area (Å²) in [5.41, 5.74) is 9.15. The third-order valence-electron chi connectivity index (χ3n) is 2.78. The van der Waals surface area contributed by atoms with Crippen molar-refractivity contribution in [2.75, 3.05) is 11.1 Å². The van der Waals surface area contributed by atoms with Gasteiger partial charge in [-0.3, -0.25) is 4.79 Å². The SMILES string of the molecule is C#Cc1cccc(NC(=O)c2ccc(N)cc2C)c1. The van der Waals surface area contributed by atoms with Crippen LogP contribution in [0.5, 0.6) is 0 Å². The van der Waals surface area contributed by atoms with Gasteiger partial charge in [0.1, 0.15) is 0 Å². The molecule has 0 aliphatic rings. The molecule has 0 heterocycles. The molecule has 0 aliphatic heterocycles. The largest absolute Gasteiger partial charge is 0.399 e. The first-order valence-corrected chi connectivity index (χ1v) is 5.84. The molecule has 19 heavy (non-hydrogen) atoms. The topological polar surface area (TPSA) is 55.1 Å². The number of nitrogens with two attached hydrogens (primary N) is 1. The Morgan fingerprint density at radius 3 is 2.74 bits per heavy atom. The first-order valence-electron chi connectivity index (χ1n) is 5.84. The van der Waals surface area contributed by atoms with Crippen LogP contribution in [0.4, 0.5) is 11.4 Å². The Morgan fingerprint density at radius 1 is 1.26 bits per heavy atom. The fourth-order valence-electron chi connectivity index (χ4n) is 1.83. The summed E-state index contributed by atoms with van der Waals surface area (Å²) >= 11 is 0. The van der Waals surface area contributed by atoms with Crippen molar-refractivity contribution in [1.29, 1.82) is 0 Å². The van der Waals surface area contributed by atoms with Gasteiger partial charge in [-0.05, 0) is 48.9 Å². The van der Waals surface area contributed by atoms with Crippen LogP contribution in [-0.2, 0) is 0 Å². The van der Waals surface area contributed by atoms with Crippen LogP contribution in [-0.4, -0.2) is 5.91 Å². The Kier molecular flexibility index (Phi) is 3.53. The zero-order valence-corrected chi connectivity index (χ0v) is 10.6. The molecule has 3 nitrogen and oxygen atoms in total. The summed E-state index contributed by atoms with van der Waals surface area (Å²) in [5.74, 6) is 2.36. The molecule has 0 unspecified atom stereocenters. The van der Waals surface area contributed by atoms with Crippen molar-refractivity contribution in [3.05, 3.63) is 59.2 Å². The van der Waals surface area contributed by atoms with Crippen molar-refractivity contribution >= 4 is 17.3 Å². The molecule has 0 radical (unpaired) electrons. The predicted molar refractivity (Wildman–Crippen MR) is 77.9 cm³/mol. The monoisotopic (exact) mass is 250 g/mol. The fourth-order valence-corrected chi connectivity index (χ4v) is 1.83. The van der Waals surface area contributed by atoms with Crippen LogP contribution in [0.15, 0.2) is 42.5 Å². The number of carbonyl (C=O) groups excluding carboxylic acids is 1. The van der Waals surface area contributed by atoms with E-state index in [0.29, 0.717) is 16.9 Å². The van der Waals surface area contributed by atoms with Crippen molar-refractivity contribution in [3.63, 3.8) is 0 Å². The van der Waals surface area contributed by atoms with E-state index in [0.717, 1.165) is 11.1 Å². The Balaban J connectivity index is 2.23. The van der Waals surface area contributed by atoms with E-state index in [1.807, 2.05) is 13.0 Å². The summed E-state index contributed by atoms with van der Waals surface area (Å²) in [6, 6.07) is 12.4. The minimum absolute atomic E-state index is 0.174. The number of amides is 1. The molecule has 0 spiro atoms. The Bertz CT molecular complexity index is 669. The second kappa shape index (κ2) is 5.28. The Hall–Kier alpha value is -2.73. The second-order valence-electron chi connectivity index (χ2n) is 4.25. The van der Waals surface area contributed by atoms with Crippen LogP contribution >= 0.6 is 0 Å². The third-order valence-corrected chi connectivity index (χ3v) is 2.78. The van der Waals surface area contributed by atoms with Gasteiger partial charge in [0.05, 0.1) is 0 Å². The van der Waals surface area contributed by atoms with E-state index >= 15 is 0 Å². The summed E-state index contributed by atoms with van der Waals surface area (Å²) in [6.07, 6.45) is 5.32. The number of nitrogen functional groups attached to an aromatic ring is 1. The summed E-state index contributed by atoms with van der Waals surface area (Å²) < 4.78 is 0. The van der Waals surface area contributed by atoms with E-state index in [1.54, 1.807) is 36.4 Å². The highest BCUT2D eigenvalue weighted by Crippen LogP contribution is 2.16. The lowest BCUT2D eigenvalue weighted by Crippen LogP contribution is -2.13. The van der Waals surface area contributed by atoms with Gasteiger partial charge in [-0.1, -0.05) is 12.0 Å². The van der Waals surface area contributed by atoms with Crippen LogP contribution in [0.2, 0.25) is 0 Å². The molecule has 2 aromatic carbocycles. The number of carbonyl (C=O) groups is 1. The predicted octanol–water partition coefficient (Wildman–Crippen LogP) is 2.81. The Morgan fingerprint density at radius 2 is 2.05 bits per heavy atom. The molecule has 2 aromatic rings. The van der Waals surface area contributed by atoms with Crippen LogP contribution in [0.25, 0.3) is 0 Å². The first kappa shape index (κ1) is 12.7. The van der Waals surface area contributed by atoms with E-state index in [-0.39, 0.29) is 5.91 Å². The molecule has 0 aromatic heterocycles. The van der Waals surface area contributed by atoms with Gasteiger partial charge in [-0.2, -0.15) is 0 Å². The normalized spacial score (nSPS) is 9.68. The van der Waals surface area contributed by atoms with Crippen molar-refractivity contribution < 1.29 is 4.79 Å². The number of rotatable bonds is 2. The van der Waals surface area contributed by atoms with E-state index in [4.69, 9.17) is 12.2 Å². The smallest absolute Gasteiger partial charge is 0.255 e. The highest BCUT2D eigenvalue weighted by molar-refractivity contribution is 6.05. The third kappa shape index (κ3) is 2.93. The number of benzene rings is 2. The molecule has 0 saturated carbocycles. The maximum atomic E-state index is 12.1. The highest BCUT2D eigenvalue weighted by atomic mass is 16.1. The van der Waals surface area contributed by atoms with E-state index < -0.39 is 0 Å². The van der Waals surface area contributed by atoms with Crippen molar-refractivity contribution in [2.45, 2.75) is 6.92 Å². The van der Waals surface area contributed by atoms with Crippen LogP contribution < -0.4 is 11.1 Å². The van der Waals surface area contributed by atoms with Gasteiger partial charge >= 0.3 is 0 Å². The molecule has 1 amide bonds. The van der Waals surface area contributed by atoms with Gasteiger partial charge in [0.25, 0.3) is 5.91 Å². The standard InChI is InChI=1S/C16H14N2O/c1-3-12-5-4-6-14(10-12)18-16(19)15-8-7-13(17)9-11(15)2/h1,4-10H,17H2,2H3,(H,18,19). The molecule has 0 bridgehead atoms. The lowest BCUT2D eigenvalue weighted by Gasteiger charge is -2.08. The molecule has 0 saturated heterocycles. The zero-order valence-electron chi connectivity index (χ0n) is 10.6. The molecule has 0 fully saturated rings. The number of terminal acetylenes is 1. The Labute approximate surface area is 112 Å². The number of anilines is 2. The quantitative estimate of drug-likeness (QED) is 0.636. The first-order chi connectivity index (χ1) is 9.10. The molecule has 0 atom stereocenters. The average molecular weight is 250 g/mol. The van der Waals surface area contributed by atoms with Gasteiger partial charge in [-0.25, -0.2) is 0 Å². The van der Waals surface area contributed by atoms with Gasteiger partial charge in [0.15, 0.2) is 0 Å². The number of aryl methyl sites for hydroxylation is 1. The van der Waals surface area contributed by atoms with Crippen LogP contribution in [0.3, 0.4) is 0 Å². The average Bonchev–Trinajstić information content (AvgIpc) is 2.38. The number of hydrogen-bond donors (Lipinski definition) is 2. The van der Waals surface area contributed by atoms with Crippen LogP contribution in [0.1, 0.15) is 21.5 Å². The summed E-state index contributed by atoms with van der Waals surface area (Å²) in [7, 11) is 0. The molecule has 3 N–H and O–H groups in total. The molecular weight excluding hydrogens is 236 g/mol. The number of hydrogen-bond acceptors (Lipinski definition) is 2. The lowest BCUT2D eigenvalue weighted by molar-refractivity contribution is 0.102. The van der Waals surface area contributed by atoms with Gasteiger partial charge in [0.2, 0.25) is 0 Å². The summed E-state index contributed by atoms with van der Waals surface area (Å²) in [6.45, 7) is 1.85. The van der Waals surface area contributed by atoms with Gasteiger partial charge in [-0.15, -0.1) is 6.42 Å². The van der Waals surface area contributed by atoms with E-state index in [1.165, 1.54) is 0 Å².